The maximum atomic E-state index is 12.0. The van der Waals surface area contributed by atoms with Gasteiger partial charge in [0.05, 0.1) is 19.8 Å². The summed E-state index contributed by atoms with van der Waals surface area (Å²) in [4.78, 5) is 16.0. The first-order chi connectivity index (χ1) is 7.72. The van der Waals surface area contributed by atoms with E-state index in [0.29, 0.717) is 32.3 Å². The topological polar surface area (TPSA) is 58.8 Å². The van der Waals surface area contributed by atoms with Crippen molar-refractivity contribution in [3.8, 4) is 0 Å². The third kappa shape index (κ3) is 2.72. The summed E-state index contributed by atoms with van der Waals surface area (Å²) in [5, 5.41) is 0. The Kier molecular flexibility index (Phi) is 3.78. The summed E-state index contributed by atoms with van der Waals surface area (Å²) in [6.45, 7) is 3.21. The molecule has 1 aliphatic carbocycles. The number of carbonyl (C=O) groups excluding carboxylic acids is 1. The lowest BCUT2D eigenvalue weighted by Crippen LogP contribution is -2.52. The molecule has 5 nitrogen and oxygen atoms in total. The Hall–Kier alpha value is -0.650. The molecule has 1 amide bonds. The van der Waals surface area contributed by atoms with Gasteiger partial charge in [-0.15, -0.1) is 0 Å². The van der Waals surface area contributed by atoms with Crippen LogP contribution in [0.4, 0.5) is 0 Å². The summed E-state index contributed by atoms with van der Waals surface area (Å²) < 4.78 is 5.36. The molecular weight excluding hydrogens is 206 g/mol. The number of amides is 1. The minimum absolute atomic E-state index is 0.199. The Morgan fingerprint density at radius 3 is 2.94 bits per heavy atom. The van der Waals surface area contributed by atoms with Gasteiger partial charge in [0.2, 0.25) is 5.91 Å². The maximum Gasteiger partial charge on any atom is 0.236 e. The number of nitrogens with two attached hydrogens (primary N) is 1. The first-order valence-corrected chi connectivity index (χ1v) is 6.00. The number of likely N-dealkylation sites (N-methyl/N-ethyl adjacent to an activating group) is 1. The second-order valence-electron chi connectivity index (χ2n) is 4.67. The van der Waals surface area contributed by atoms with Crippen molar-refractivity contribution in [2.24, 2.45) is 5.73 Å². The van der Waals surface area contributed by atoms with Gasteiger partial charge in [-0.3, -0.25) is 9.69 Å². The minimum atomic E-state index is 0.199. The van der Waals surface area contributed by atoms with E-state index in [1.807, 2.05) is 11.9 Å². The van der Waals surface area contributed by atoms with Crippen molar-refractivity contribution in [3.05, 3.63) is 0 Å². The molecule has 0 bridgehead atoms. The summed E-state index contributed by atoms with van der Waals surface area (Å²) in [7, 11) is 1.90. The number of rotatable bonds is 4. The van der Waals surface area contributed by atoms with Crippen LogP contribution in [-0.4, -0.2) is 67.7 Å². The average molecular weight is 227 g/mol. The Morgan fingerprint density at radius 1 is 1.56 bits per heavy atom. The van der Waals surface area contributed by atoms with Crippen LogP contribution in [0.25, 0.3) is 0 Å². The van der Waals surface area contributed by atoms with E-state index in [1.165, 1.54) is 0 Å². The summed E-state index contributed by atoms with van der Waals surface area (Å²) in [6.07, 6.45) is 2.32. The van der Waals surface area contributed by atoms with Crippen molar-refractivity contribution in [2.75, 3.05) is 39.9 Å². The van der Waals surface area contributed by atoms with Gasteiger partial charge in [0.1, 0.15) is 0 Å². The van der Waals surface area contributed by atoms with E-state index in [4.69, 9.17) is 10.5 Å². The van der Waals surface area contributed by atoms with Gasteiger partial charge in [0, 0.05) is 32.2 Å². The van der Waals surface area contributed by atoms with Gasteiger partial charge in [-0.1, -0.05) is 0 Å². The fraction of sp³-hybridized carbons (Fsp3) is 0.909. The van der Waals surface area contributed by atoms with Crippen molar-refractivity contribution in [2.45, 2.75) is 24.9 Å². The zero-order chi connectivity index (χ0) is 11.5. The molecule has 5 heteroatoms. The van der Waals surface area contributed by atoms with Crippen LogP contribution in [0, 0.1) is 0 Å². The molecule has 0 aromatic carbocycles. The highest BCUT2D eigenvalue weighted by Crippen LogP contribution is 2.25. The lowest BCUT2D eigenvalue weighted by atomic mass is 10.2. The Balaban J connectivity index is 1.84. The third-order valence-corrected chi connectivity index (χ3v) is 3.45. The van der Waals surface area contributed by atoms with Crippen molar-refractivity contribution in [1.29, 1.82) is 0 Å². The van der Waals surface area contributed by atoms with E-state index in [1.54, 1.807) is 0 Å². The molecule has 16 heavy (non-hydrogen) atoms. The van der Waals surface area contributed by atoms with Gasteiger partial charge in [-0.25, -0.2) is 0 Å². The molecule has 0 radical (unpaired) electrons. The number of nitrogens with zero attached hydrogens (tertiary/aromatic N) is 2. The summed E-state index contributed by atoms with van der Waals surface area (Å²) in [6, 6.07) is 0.690. The fourth-order valence-electron chi connectivity index (χ4n) is 2.07. The van der Waals surface area contributed by atoms with E-state index in [-0.39, 0.29) is 11.9 Å². The zero-order valence-electron chi connectivity index (χ0n) is 9.89. The molecule has 0 aromatic rings. The second-order valence-corrected chi connectivity index (χ2v) is 4.67. The predicted molar refractivity (Wildman–Crippen MR) is 61.0 cm³/mol. The first-order valence-electron chi connectivity index (χ1n) is 6.00. The van der Waals surface area contributed by atoms with Crippen LogP contribution < -0.4 is 5.73 Å². The predicted octanol–water partition coefficient (Wildman–Crippen LogP) is -0.733. The number of hydrogen-bond acceptors (Lipinski definition) is 4. The van der Waals surface area contributed by atoms with Crippen molar-refractivity contribution < 1.29 is 9.53 Å². The summed E-state index contributed by atoms with van der Waals surface area (Å²) in [5.41, 5.74) is 5.67. The van der Waals surface area contributed by atoms with E-state index >= 15 is 0 Å². The standard InChI is InChI=1S/C11H21N3O2/c1-13(9-2-3-9)11(15)7-14-4-5-16-8-10(14)6-12/h9-10H,2-8,12H2,1H3. The molecule has 2 rings (SSSR count). The highest BCUT2D eigenvalue weighted by Gasteiger charge is 2.31. The van der Waals surface area contributed by atoms with Crippen LogP contribution in [-0.2, 0) is 9.53 Å². The third-order valence-electron chi connectivity index (χ3n) is 3.45. The molecule has 1 aliphatic heterocycles. The normalized spacial score (nSPS) is 26.8. The summed E-state index contributed by atoms with van der Waals surface area (Å²) in [5.74, 6) is 0.211. The van der Waals surface area contributed by atoms with Gasteiger partial charge in [0.15, 0.2) is 0 Å². The van der Waals surface area contributed by atoms with E-state index in [2.05, 4.69) is 4.90 Å². The molecule has 1 atom stereocenters. The first kappa shape index (κ1) is 11.8. The van der Waals surface area contributed by atoms with Gasteiger partial charge in [0.25, 0.3) is 0 Å². The molecular formula is C11H21N3O2. The van der Waals surface area contributed by atoms with Gasteiger partial charge < -0.3 is 15.4 Å². The SMILES string of the molecule is CN(C(=O)CN1CCOCC1CN)C1CC1. The molecule has 0 spiro atoms. The van der Waals surface area contributed by atoms with Crippen LogP contribution in [0.3, 0.4) is 0 Å². The lowest BCUT2D eigenvalue weighted by Gasteiger charge is -2.35. The monoisotopic (exact) mass is 227 g/mol. The Morgan fingerprint density at radius 2 is 2.31 bits per heavy atom. The quantitative estimate of drug-likeness (QED) is 0.688. The van der Waals surface area contributed by atoms with Crippen molar-refractivity contribution in [1.82, 2.24) is 9.80 Å². The zero-order valence-corrected chi connectivity index (χ0v) is 9.89. The molecule has 1 saturated carbocycles. The minimum Gasteiger partial charge on any atom is -0.378 e. The smallest absolute Gasteiger partial charge is 0.236 e. The van der Waals surface area contributed by atoms with Gasteiger partial charge in [-0.05, 0) is 12.8 Å². The van der Waals surface area contributed by atoms with Gasteiger partial charge >= 0.3 is 0 Å². The lowest BCUT2D eigenvalue weighted by molar-refractivity contribution is -0.133. The van der Waals surface area contributed by atoms with Crippen LogP contribution >= 0.6 is 0 Å². The second kappa shape index (κ2) is 5.12. The van der Waals surface area contributed by atoms with E-state index < -0.39 is 0 Å². The Labute approximate surface area is 96.5 Å². The van der Waals surface area contributed by atoms with E-state index in [9.17, 15) is 4.79 Å². The molecule has 1 unspecified atom stereocenters. The highest BCUT2D eigenvalue weighted by atomic mass is 16.5. The van der Waals surface area contributed by atoms with Crippen LogP contribution in [0.15, 0.2) is 0 Å². The molecule has 92 valence electrons. The molecule has 2 N–H and O–H groups in total. The molecule has 0 aromatic heterocycles. The fourth-order valence-corrected chi connectivity index (χ4v) is 2.07. The van der Waals surface area contributed by atoms with Crippen LogP contribution in [0.5, 0.6) is 0 Å². The number of morpholine rings is 1. The molecule has 2 fully saturated rings. The highest BCUT2D eigenvalue weighted by molar-refractivity contribution is 5.78. The average Bonchev–Trinajstić information content (AvgIpc) is 3.12. The number of ether oxygens (including phenoxy) is 1. The summed E-state index contributed by atoms with van der Waals surface area (Å²) >= 11 is 0. The number of carbonyl (C=O) groups is 1. The van der Waals surface area contributed by atoms with Gasteiger partial charge in [-0.2, -0.15) is 0 Å². The Bertz CT molecular complexity index is 256. The van der Waals surface area contributed by atoms with Crippen LogP contribution in [0.1, 0.15) is 12.8 Å². The molecule has 1 heterocycles. The molecule has 1 saturated heterocycles. The molecule has 2 aliphatic rings. The van der Waals surface area contributed by atoms with Crippen molar-refractivity contribution >= 4 is 5.91 Å². The largest absolute Gasteiger partial charge is 0.378 e. The maximum absolute atomic E-state index is 12.0. The van der Waals surface area contributed by atoms with Crippen molar-refractivity contribution in [3.63, 3.8) is 0 Å². The van der Waals surface area contributed by atoms with Crippen LogP contribution in [0.2, 0.25) is 0 Å². The van der Waals surface area contributed by atoms with E-state index in [0.717, 1.165) is 19.4 Å². The number of hydrogen-bond donors (Lipinski definition) is 1.